The van der Waals surface area contributed by atoms with Crippen LogP contribution in [-0.2, 0) is 11.8 Å². The maximum absolute atomic E-state index is 11.1. The maximum atomic E-state index is 11.1. The van der Waals surface area contributed by atoms with Gasteiger partial charge in [-0.2, -0.15) is 0 Å². The molecule has 0 aromatic heterocycles. The predicted molar refractivity (Wildman–Crippen MR) is 75.5 cm³/mol. The van der Waals surface area contributed by atoms with E-state index in [4.69, 9.17) is 10.5 Å². The average molecular weight is 261 g/mol. The van der Waals surface area contributed by atoms with Crippen molar-refractivity contribution in [1.29, 1.82) is 0 Å². The maximum Gasteiger partial charge on any atom is 0.119 e. The van der Waals surface area contributed by atoms with Crippen molar-refractivity contribution >= 4 is 0 Å². The minimum absolute atomic E-state index is 0.253. The number of fused-ring (bicyclic) bond motifs is 1. The largest absolute Gasteiger partial charge is 0.497 e. The van der Waals surface area contributed by atoms with Crippen LogP contribution in [0.4, 0.5) is 0 Å². The molecule has 3 rings (SSSR count). The molecule has 1 atom stereocenters. The lowest BCUT2D eigenvalue weighted by Gasteiger charge is -2.55. The van der Waals surface area contributed by atoms with Crippen molar-refractivity contribution in [1.82, 2.24) is 0 Å². The van der Waals surface area contributed by atoms with Gasteiger partial charge in [-0.15, -0.1) is 0 Å². The number of hydrogen-bond acceptors (Lipinski definition) is 3. The molecular formula is C16H23NO2. The highest BCUT2D eigenvalue weighted by molar-refractivity contribution is 5.52. The van der Waals surface area contributed by atoms with E-state index >= 15 is 0 Å². The molecule has 3 N–H and O–H groups in total. The number of benzene rings is 1. The van der Waals surface area contributed by atoms with Crippen molar-refractivity contribution in [2.75, 3.05) is 13.7 Å². The van der Waals surface area contributed by atoms with Gasteiger partial charge in [-0.1, -0.05) is 25.3 Å². The first-order chi connectivity index (χ1) is 9.15. The quantitative estimate of drug-likeness (QED) is 0.876. The van der Waals surface area contributed by atoms with Crippen LogP contribution in [0, 0.1) is 0 Å². The predicted octanol–water partition coefficient (Wildman–Crippen LogP) is 2.14. The van der Waals surface area contributed by atoms with E-state index in [1.165, 1.54) is 17.5 Å². The highest BCUT2D eigenvalue weighted by Gasteiger charge is 2.56. The third-order valence-electron chi connectivity index (χ3n) is 5.24. The lowest BCUT2D eigenvalue weighted by atomic mass is 9.52. The van der Waals surface area contributed by atoms with Gasteiger partial charge in [0.1, 0.15) is 5.75 Å². The summed E-state index contributed by atoms with van der Waals surface area (Å²) >= 11 is 0. The molecule has 2 aliphatic rings. The second kappa shape index (κ2) is 4.50. The Bertz CT molecular complexity index is 480. The van der Waals surface area contributed by atoms with E-state index in [0.29, 0.717) is 6.54 Å². The molecular weight excluding hydrogens is 238 g/mol. The summed E-state index contributed by atoms with van der Waals surface area (Å²) in [5, 5.41) is 11.1. The second-order valence-electron chi connectivity index (χ2n) is 6.08. The van der Waals surface area contributed by atoms with Gasteiger partial charge in [-0.05, 0) is 42.5 Å². The molecule has 1 unspecified atom stereocenters. The Hall–Kier alpha value is -1.06. The Balaban J connectivity index is 2.01. The van der Waals surface area contributed by atoms with Crippen molar-refractivity contribution in [3.05, 3.63) is 29.3 Å². The lowest BCUT2D eigenvalue weighted by Crippen LogP contribution is -2.62. The van der Waals surface area contributed by atoms with Gasteiger partial charge in [0.2, 0.25) is 0 Å². The summed E-state index contributed by atoms with van der Waals surface area (Å²) in [6, 6.07) is 6.16. The fourth-order valence-corrected chi connectivity index (χ4v) is 4.00. The lowest BCUT2D eigenvalue weighted by molar-refractivity contribution is -0.0757. The normalized spacial score (nSPS) is 28.4. The zero-order valence-corrected chi connectivity index (χ0v) is 11.6. The van der Waals surface area contributed by atoms with Gasteiger partial charge < -0.3 is 15.6 Å². The Morgan fingerprint density at radius 2 is 2.00 bits per heavy atom. The first kappa shape index (κ1) is 12.9. The van der Waals surface area contributed by atoms with Crippen LogP contribution in [0.25, 0.3) is 0 Å². The van der Waals surface area contributed by atoms with Crippen molar-refractivity contribution in [3.63, 3.8) is 0 Å². The summed E-state index contributed by atoms with van der Waals surface area (Å²) < 4.78 is 5.32. The van der Waals surface area contributed by atoms with Crippen molar-refractivity contribution < 1.29 is 9.84 Å². The molecule has 1 aromatic carbocycles. The summed E-state index contributed by atoms with van der Waals surface area (Å²) in [5.41, 5.74) is 7.73. The monoisotopic (exact) mass is 261 g/mol. The van der Waals surface area contributed by atoms with Gasteiger partial charge in [0.05, 0.1) is 12.7 Å². The zero-order valence-electron chi connectivity index (χ0n) is 11.6. The van der Waals surface area contributed by atoms with Gasteiger partial charge >= 0.3 is 0 Å². The molecule has 1 fully saturated rings. The highest BCUT2D eigenvalue weighted by atomic mass is 16.5. The van der Waals surface area contributed by atoms with Crippen LogP contribution in [0.1, 0.15) is 43.2 Å². The second-order valence-corrected chi connectivity index (χ2v) is 6.08. The third kappa shape index (κ3) is 1.72. The molecule has 0 spiro atoms. The van der Waals surface area contributed by atoms with E-state index in [0.717, 1.165) is 37.9 Å². The van der Waals surface area contributed by atoms with E-state index < -0.39 is 5.60 Å². The summed E-state index contributed by atoms with van der Waals surface area (Å²) in [4.78, 5) is 0. The van der Waals surface area contributed by atoms with Crippen LogP contribution >= 0.6 is 0 Å². The van der Waals surface area contributed by atoms with Gasteiger partial charge in [-0.3, -0.25) is 0 Å². The van der Waals surface area contributed by atoms with Crippen molar-refractivity contribution in [2.24, 2.45) is 5.73 Å². The number of rotatable bonds is 3. The van der Waals surface area contributed by atoms with Crippen LogP contribution in [0.3, 0.4) is 0 Å². The van der Waals surface area contributed by atoms with E-state index in [9.17, 15) is 5.11 Å². The van der Waals surface area contributed by atoms with E-state index in [1.807, 2.05) is 6.07 Å². The van der Waals surface area contributed by atoms with Crippen molar-refractivity contribution in [2.45, 2.75) is 49.5 Å². The minimum Gasteiger partial charge on any atom is -0.497 e. The van der Waals surface area contributed by atoms with Crippen LogP contribution in [-0.4, -0.2) is 24.4 Å². The number of aliphatic hydroxyl groups is 1. The van der Waals surface area contributed by atoms with Gasteiger partial charge in [-0.25, -0.2) is 0 Å². The van der Waals surface area contributed by atoms with E-state index in [-0.39, 0.29) is 5.41 Å². The molecule has 104 valence electrons. The number of ether oxygens (including phenoxy) is 1. The summed E-state index contributed by atoms with van der Waals surface area (Å²) in [7, 11) is 1.68. The minimum atomic E-state index is -0.626. The highest BCUT2D eigenvalue weighted by Crippen LogP contribution is 2.53. The molecule has 0 radical (unpaired) electrons. The van der Waals surface area contributed by atoms with E-state index in [1.54, 1.807) is 7.11 Å². The fraction of sp³-hybridized carbons (Fsp3) is 0.625. The number of nitrogens with two attached hydrogens (primary N) is 1. The molecule has 0 saturated heterocycles. The molecule has 3 nitrogen and oxygen atoms in total. The van der Waals surface area contributed by atoms with Gasteiger partial charge in [0, 0.05) is 12.0 Å². The van der Waals surface area contributed by atoms with Crippen LogP contribution in [0.5, 0.6) is 5.75 Å². The Morgan fingerprint density at radius 1 is 1.26 bits per heavy atom. The number of hydrogen-bond donors (Lipinski definition) is 2. The molecule has 1 aromatic rings. The molecule has 0 bridgehead atoms. The SMILES string of the molecule is COc1ccc2c(c1)C(CN)(C1(O)CCCCC1)C2. The standard InChI is InChI=1S/C16H23NO2/c1-19-13-6-5-12-10-15(11-17,14(12)9-13)16(18)7-3-2-4-8-16/h5-6,9,18H,2-4,7-8,10-11,17H2,1H3. The molecule has 19 heavy (non-hydrogen) atoms. The van der Waals surface area contributed by atoms with Gasteiger partial charge in [0.15, 0.2) is 0 Å². The van der Waals surface area contributed by atoms with Crippen LogP contribution in [0.15, 0.2) is 18.2 Å². The Labute approximate surface area is 114 Å². The molecule has 1 saturated carbocycles. The average Bonchev–Trinajstić information content (AvgIpc) is 2.41. The molecule has 0 amide bonds. The van der Waals surface area contributed by atoms with Crippen molar-refractivity contribution in [3.8, 4) is 5.75 Å². The molecule has 2 aliphatic carbocycles. The summed E-state index contributed by atoms with van der Waals surface area (Å²) in [6.45, 7) is 0.518. The fourth-order valence-electron chi connectivity index (χ4n) is 4.00. The summed E-state index contributed by atoms with van der Waals surface area (Å²) in [6.07, 6.45) is 6.10. The third-order valence-corrected chi connectivity index (χ3v) is 5.24. The van der Waals surface area contributed by atoms with Gasteiger partial charge in [0.25, 0.3) is 0 Å². The van der Waals surface area contributed by atoms with Crippen LogP contribution < -0.4 is 10.5 Å². The topological polar surface area (TPSA) is 55.5 Å². The molecule has 0 heterocycles. The Morgan fingerprint density at radius 3 is 2.63 bits per heavy atom. The first-order valence-electron chi connectivity index (χ1n) is 7.25. The molecule has 3 heteroatoms. The molecule has 0 aliphatic heterocycles. The Kier molecular flexibility index (Phi) is 3.06. The zero-order chi connectivity index (χ0) is 13.5. The van der Waals surface area contributed by atoms with E-state index in [2.05, 4.69) is 12.1 Å². The number of methoxy groups -OCH3 is 1. The smallest absolute Gasteiger partial charge is 0.119 e. The first-order valence-corrected chi connectivity index (χ1v) is 7.25. The van der Waals surface area contributed by atoms with Crippen LogP contribution in [0.2, 0.25) is 0 Å². The summed E-state index contributed by atoms with van der Waals surface area (Å²) in [5.74, 6) is 0.857.